The number of benzene rings is 1. The number of hydrogen-bond acceptors (Lipinski definition) is 4. The third-order valence-electron chi connectivity index (χ3n) is 6.13. The zero-order chi connectivity index (χ0) is 20.1. The standard InChI is InChI=1S/C21H30N2O4S/c1-23(25)20(24)12-8-3-2-7-11-19-16-13-14-17(15-16)21(19)22-28(26,27)18-9-5-4-6-10-18/h2,4-7,9-10,16-17,19,21-22,25H,3,8,11-15H2,1H3/b7-2-/t16-,17+,19+,21+/m1/s1. The summed E-state index contributed by atoms with van der Waals surface area (Å²) in [6, 6.07) is 8.57. The summed E-state index contributed by atoms with van der Waals surface area (Å²) < 4.78 is 28.5. The summed E-state index contributed by atoms with van der Waals surface area (Å²) in [4.78, 5) is 11.7. The molecular weight excluding hydrogens is 376 g/mol. The van der Waals surface area contributed by atoms with Gasteiger partial charge in [0.1, 0.15) is 0 Å². The Hall–Kier alpha value is -1.70. The lowest BCUT2D eigenvalue weighted by Gasteiger charge is -2.31. The van der Waals surface area contributed by atoms with Crippen molar-refractivity contribution in [2.75, 3.05) is 7.05 Å². The SMILES string of the molecule is CN(O)C(=O)CCC/C=C\C[C@H]1[C@@H]2CC[C@@H](C2)[C@@H]1NS(=O)(=O)c1ccccc1. The summed E-state index contributed by atoms with van der Waals surface area (Å²) >= 11 is 0. The number of fused-ring (bicyclic) bond motifs is 2. The molecule has 4 atom stereocenters. The molecule has 0 saturated heterocycles. The van der Waals surface area contributed by atoms with E-state index in [-0.39, 0.29) is 11.9 Å². The van der Waals surface area contributed by atoms with Crippen LogP contribution in [0.15, 0.2) is 47.4 Å². The predicted molar refractivity (Wildman–Crippen MR) is 107 cm³/mol. The third kappa shape index (κ3) is 5.01. The van der Waals surface area contributed by atoms with E-state index in [4.69, 9.17) is 5.21 Å². The van der Waals surface area contributed by atoms with Crippen LogP contribution in [0.3, 0.4) is 0 Å². The van der Waals surface area contributed by atoms with Crippen LogP contribution in [0.4, 0.5) is 0 Å². The molecule has 0 heterocycles. The van der Waals surface area contributed by atoms with Crippen molar-refractivity contribution in [1.29, 1.82) is 0 Å². The molecule has 28 heavy (non-hydrogen) atoms. The average Bonchev–Trinajstić information content (AvgIpc) is 3.27. The van der Waals surface area contributed by atoms with Crippen molar-refractivity contribution in [2.45, 2.75) is 55.9 Å². The molecule has 3 rings (SSSR count). The Balaban J connectivity index is 1.55. The lowest BCUT2D eigenvalue weighted by molar-refractivity contribution is -0.159. The van der Waals surface area contributed by atoms with Gasteiger partial charge in [-0.3, -0.25) is 10.0 Å². The molecule has 2 bridgehead atoms. The van der Waals surface area contributed by atoms with Crippen LogP contribution in [0.1, 0.15) is 44.9 Å². The monoisotopic (exact) mass is 406 g/mol. The number of nitrogens with one attached hydrogen (secondary N) is 1. The molecule has 6 nitrogen and oxygen atoms in total. The van der Waals surface area contributed by atoms with Crippen molar-refractivity contribution in [3.63, 3.8) is 0 Å². The lowest BCUT2D eigenvalue weighted by atomic mass is 9.83. The highest BCUT2D eigenvalue weighted by atomic mass is 32.2. The number of unbranched alkanes of at least 4 members (excludes halogenated alkanes) is 1. The van der Waals surface area contributed by atoms with E-state index >= 15 is 0 Å². The maximum atomic E-state index is 12.8. The van der Waals surface area contributed by atoms with Crippen molar-refractivity contribution in [2.24, 2.45) is 17.8 Å². The van der Waals surface area contributed by atoms with Gasteiger partial charge in [-0.2, -0.15) is 0 Å². The molecule has 2 aliphatic rings. The highest BCUT2D eigenvalue weighted by Gasteiger charge is 2.48. The first-order valence-corrected chi connectivity index (χ1v) is 11.5. The molecule has 154 valence electrons. The molecule has 1 aromatic carbocycles. The largest absolute Gasteiger partial charge is 0.286 e. The first-order chi connectivity index (χ1) is 13.4. The zero-order valence-corrected chi connectivity index (χ0v) is 17.1. The number of allylic oxidation sites excluding steroid dienone is 2. The maximum absolute atomic E-state index is 12.8. The van der Waals surface area contributed by atoms with E-state index in [2.05, 4.69) is 16.9 Å². The summed E-state index contributed by atoms with van der Waals surface area (Å²) in [7, 11) is -2.16. The van der Waals surface area contributed by atoms with Gasteiger partial charge < -0.3 is 0 Å². The van der Waals surface area contributed by atoms with E-state index in [1.54, 1.807) is 24.3 Å². The quantitative estimate of drug-likeness (QED) is 0.285. The van der Waals surface area contributed by atoms with Crippen LogP contribution < -0.4 is 4.72 Å². The number of nitrogens with zero attached hydrogens (tertiary/aromatic N) is 1. The van der Waals surface area contributed by atoms with Crippen LogP contribution >= 0.6 is 0 Å². The summed E-state index contributed by atoms with van der Waals surface area (Å²) in [5, 5.41) is 9.67. The Labute approximate surface area is 167 Å². The molecule has 1 amide bonds. The summed E-state index contributed by atoms with van der Waals surface area (Å²) in [6.07, 6.45) is 10.2. The molecule has 0 aromatic heterocycles. The number of amides is 1. The van der Waals surface area contributed by atoms with Gasteiger partial charge in [0.25, 0.3) is 0 Å². The lowest BCUT2D eigenvalue weighted by Crippen LogP contribution is -2.43. The van der Waals surface area contributed by atoms with Crippen LogP contribution in [-0.2, 0) is 14.8 Å². The van der Waals surface area contributed by atoms with Gasteiger partial charge in [0, 0.05) is 19.5 Å². The van der Waals surface area contributed by atoms with Crippen LogP contribution in [0, 0.1) is 17.8 Å². The summed E-state index contributed by atoms with van der Waals surface area (Å²) in [5.41, 5.74) is 0. The third-order valence-corrected chi connectivity index (χ3v) is 7.61. The van der Waals surface area contributed by atoms with Crippen LogP contribution in [0.25, 0.3) is 0 Å². The van der Waals surface area contributed by atoms with E-state index < -0.39 is 10.0 Å². The Morgan fingerprint density at radius 1 is 1.21 bits per heavy atom. The van der Waals surface area contributed by atoms with E-state index in [1.165, 1.54) is 13.5 Å². The van der Waals surface area contributed by atoms with Gasteiger partial charge in [0.2, 0.25) is 15.9 Å². The van der Waals surface area contributed by atoms with E-state index in [1.807, 2.05) is 6.07 Å². The molecule has 0 radical (unpaired) electrons. The summed E-state index contributed by atoms with van der Waals surface area (Å²) in [6.45, 7) is 0. The van der Waals surface area contributed by atoms with Crippen LogP contribution in [0.5, 0.6) is 0 Å². The molecule has 2 aliphatic carbocycles. The maximum Gasteiger partial charge on any atom is 0.245 e. The molecule has 0 aliphatic heterocycles. The molecule has 0 spiro atoms. The molecule has 2 N–H and O–H groups in total. The molecule has 0 unspecified atom stereocenters. The Bertz CT molecular complexity index is 792. The number of hydroxylamine groups is 2. The van der Waals surface area contributed by atoms with E-state index in [0.29, 0.717) is 40.6 Å². The highest BCUT2D eigenvalue weighted by Crippen LogP contribution is 2.50. The van der Waals surface area contributed by atoms with Gasteiger partial charge in [-0.05, 0) is 68.4 Å². The number of sulfonamides is 1. The minimum Gasteiger partial charge on any atom is -0.286 e. The number of carbonyl (C=O) groups is 1. The van der Waals surface area contributed by atoms with Crippen molar-refractivity contribution < 1.29 is 18.4 Å². The highest BCUT2D eigenvalue weighted by molar-refractivity contribution is 7.89. The topological polar surface area (TPSA) is 86.7 Å². The van der Waals surface area contributed by atoms with E-state index in [0.717, 1.165) is 25.7 Å². The number of carbonyl (C=O) groups excluding carboxylic acids is 1. The molecule has 2 saturated carbocycles. The normalized spacial score (nSPS) is 26.8. The van der Waals surface area contributed by atoms with Crippen molar-refractivity contribution in [1.82, 2.24) is 9.79 Å². The molecule has 1 aromatic rings. The fraction of sp³-hybridized carbons (Fsp3) is 0.571. The first kappa shape index (κ1) is 21.0. The van der Waals surface area contributed by atoms with Crippen LogP contribution in [0.2, 0.25) is 0 Å². The number of rotatable bonds is 9. The average molecular weight is 407 g/mol. The molecule has 7 heteroatoms. The Morgan fingerprint density at radius 2 is 1.93 bits per heavy atom. The van der Waals surface area contributed by atoms with Gasteiger partial charge >= 0.3 is 0 Å². The second kappa shape index (κ2) is 9.20. The van der Waals surface area contributed by atoms with Crippen LogP contribution in [-0.4, -0.2) is 37.7 Å². The second-order valence-electron chi connectivity index (χ2n) is 7.97. The van der Waals surface area contributed by atoms with Crippen molar-refractivity contribution >= 4 is 15.9 Å². The van der Waals surface area contributed by atoms with Crippen molar-refractivity contribution in [3.8, 4) is 0 Å². The van der Waals surface area contributed by atoms with Gasteiger partial charge in [-0.1, -0.05) is 30.4 Å². The van der Waals surface area contributed by atoms with Gasteiger partial charge in [-0.25, -0.2) is 18.2 Å². The first-order valence-electron chi connectivity index (χ1n) is 10.1. The minimum absolute atomic E-state index is 0.00165. The second-order valence-corrected chi connectivity index (χ2v) is 9.69. The van der Waals surface area contributed by atoms with E-state index in [9.17, 15) is 13.2 Å². The Morgan fingerprint density at radius 3 is 2.64 bits per heavy atom. The predicted octanol–water partition coefficient (Wildman–Crippen LogP) is 3.34. The fourth-order valence-corrected chi connectivity index (χ4v) is 6.06. The zero-order valence-electron chi connectivity index (χ0n) is 16.3. The molecule has 2 fully saturated rings. The van der Waals surface area contributed by atoms with Gasteiger partial charge in [0.15, 0.2) is 0 Å². The molecular formula is C21H30N2O4S. The fourth-order valence-electron chi connectivity index (χ4n) is 4.68. The van der Waals surface area contributed by atoms with Gasteiger partial charge in [0.05, 0.1) is 4.90 Å². The smallest absolute Gasteiger partial charge is 0.245 e. The Kier molecular flexibility index (Phi) is 6.91. The minimum atomic E-state index is -3.50. The van der Waals surface area contributed by atoms with Gasteiger partial charge in [-0.15, -0.1) is 0 Å². The van der Waals surface area contributed by atoms with Crippen molar-refractivity contribution in [3.05, 3.63) is 42.5 Å². The summed E-state index contributed by atoms with van der Waals surface area (Å²) in [5.74, 6) is 1.07. The number of hydrogen-bond donors (Lipinski definition) is 2.